The van der Waals surface area contributed by atoms with Crippen LogP contribution in [-0.4, -0.2) is 44.8 Å². The zero-order chi connectivity index (χ0) is 23.6. The van der Waals surface area contributed by atoms with E-state index in [0.29, 0.717) is 53.0 Å². The summed E-state index contributed by atoms with van der Waals surface area (Å²) in [5.74, 6) is -0.224. The van der Waals surface area contributed by atoms with Gasteiger partial charge in [0.05, 0.1) is 21.3 Å². The Morgan fingerprint density at radius 1 is 0.970 bits per heavy atom. The molecule has 4 rings (SSSR count). The van der Waals surface area contributed by atoms with Crippen LogP contribution in [0.1, 0.15) is 15.9 Å². The molecule has 0 aliphatic carbocycles. The number of nitrogens with zero attached hydrogens (tertiary/aromatic N) is 2. The molecule has 9 heteroatoms. The number of carbonyl (C=O) groups excluding carboxylic acids is 1. The van der Waals surface area contributed by atoms with Crippen molar-refractivity contribution in [2.75, 3.05) is 36.4 Å². The lowest BCUT2D eigenvalue weighted by Gasteiger charge is -2.36. The van der Waals surface area contributed by atoms with Gasteiger partial charge in [-0.05, 0) is 72.0 Å². The SMILES string of the molecule is Cc1ccc(S(=O)(=O)N2CCN(c3c(Cl)cccc3NC(=O)c3cccc(I)c3)CC2)cc1. The van der Waals surface area contributed by atoms with Crippen LogP contribution in [0.25, 0.3) is 0 Å². The molecule has 0 bridgehead atoms. The van der Waals surface area contributed by atoms with E-state index in [2.05, 4.69) is 27.9 Å². The fourth-order valence-electron chi connectivity index (χ4n) is 3.77. The molecule has 1 aliphatic heterocycles. The molecule has 0 unspecified atom stereocenters. The first-order valence-corrected chi connectivity index (χ1v) is 13.3. The zero-order valence-corrected chi connectivity index (χ0v) is 21.7. The molecule has 172 valence electrons. The van der Waals surface area contributed by atoms with Crippen molar-refractivity contribution in [1.29, 1.82) is 0 Å². The summed E-state index contributed by atoms with van der Waals surface area (Å²) in [6.07, 6.45) is 0. The second-order valence-corrected chi connectivity index (χ2v) is 11.4. The maximum Gasteiger partial charge on any atom is 0.255 e. The Labute approximate surface area is 212 Å². The van der Waals surface area contributed by atoms with E-state index in [-0.39, 0.29) is 5.91 Å². The van der Waals surface area contributed by atoms with Crippen LogP contribution in [0, 0.1) is 10.5 Å². The van der Waals surface area contributed by atoms with Gasteiger partial charge in [-0.1, -0.05) is 41.4 Å². The number of benzene rings is 3. The van der Waals surface area contributed by atoms with Gasteiger partial charge in [-0.3, -0.25) is 4.79 Å². The Bertz CT molecular complexity index is 1270. The summed E-state index contributed by atoms with van der Waals surface area (Å²) in [5, 5.41) is 3.47. The highest BCUT2D eigenvalue weighted by Gasteiger charge is 2.30. The molecule has 3 aromatic rings. The van der Waals surface area contributed by atoms with E-state index in [0.717, 1.165) is 9.13 Å². The fraction of sp³-hybridized carbons (Fsp3) is 0.208. The Morgan fingerprint density at radius 2 is 1.64 bits per heavy atom. The Morgan fingerprint density at radius 3 is 2.30 bits per heavy atom. The van der Waals surface area contributed by atoms with Crippen LogP contribution in [0.5, 0.6) is 0 Å². The third-order valence-electron chi connectivity index (χ3n) is 5.54. The van der Waals surface area contributed by atoms with Crippen molar-refractivity contribution in [3.05, 3.63) is 86.4 Å². The Hall–Kier alpha value is -2.14. The van der Waals surface area contributed by atoms with Crippen molar-refractivity contribution >= 4 is 61.5 Å². The van der Waals surface area contributed by atoms with E-state index in [1.807, 2.05) is 36.1 Å². The maximum absolute atomic E-state index is 13.0. The predicted molar refractivity (Wildman–Crippen MR) is 141 cm³/mol. The van der Waals surface area contributed by atoms with Gasteiger partial charge in [0.2, 0.25) is 10.0 Å². The molecule has 3 aromatic carbocycles. The molecule has 0 spiro atoms. The van der Waals surface area contributed by atoms with E-state index < -0.39 is 10.0 Å². The predicted octanol–water partition coefficient (Wildman–Crippen LogP) is 5.02. The number of anilines is 2. The summed E-state index contributed by atoms with van der Waals surface area (Å²) in [7, 11) is -3.56. The number of aryl methyl sites for hydroxylation is 1. The average molecular weight is 596 g/mol. The third kappa shape index (κ3) is 5.34. The molecule has 1 N–H and O–H groups in total. The molecule has 0 saturated carbocycles. The topological polar surface area (TPSA) is 69.7 Å². The number of halogens is 2. The summed E-state index contributed by atoms with van der Waals surface area (Å²) >= 11 is 8.70. The monoisotopic (exact) mass is 595 g/mol. The van der Waals surface area contributed by atoms with Crippen LogP contribution in [0.15, 0.2) is 71.6 Å². The summed E-state index contributed by atoms with van der Waals surface area (Å²) < 4.78 is 28.5. The number of para-hydroxylation sites is 1. The first-order valence-electron chi connectivity index (χ1n) is 10.4. The molecule has 1 saturated heterocycles. The molecule has 1 heterocycles. The first kappa shape index (κ1) is 24.0. The van der Waals surface area contributed by atoms with Gasteiger partial charge < -0.3 is 10.2 Å². The Kier molecular flexibility index (Phi) is 7.28. The van der Waals surface area contributed by atoms with Crippen molar-refractivity contribution in [3.63, 3.8) is 0 Å². The van der Waals surface area contributed by atoms with Crippen LogP contribution in [0.4, 0.5) is 11.4 Å². The number of rotatable bonds is 5. The third-order valence-corrected chi connectivity index (χ3v) is 8.42. The molecule has 0 radical (unpaired) electrons. The van der Waals surface area contributed by atoms with Crippen molar-refractivity contribution in [2.24, 2.45) is 0 Å². The van der Waals surface area contributed by atoms with E-state index in [1.54, 1.807) is 42.5 Å². The quantitative estimate of drug-likeness (QED) is 0.421. The number of sulfonamides is 1. The van der Waals surface area contributed by atoms with E-state index in [9.17, 15) is 13.2 Å². The van der Waals surface area contributed by atoms with E-state index >= 15 is 0 Å². The fourth-order valence-corrected chi connectivity index (χ4v) is 6.03. The smallest absolute Gasteiger partial charge is 0.255 e. The lowest BCUT2D eigenvalue weighted by molar-refractivity contribution is 0.102. The first-order chi connectivity index (χ1) is 15.8. The van der Waals surface area contributed by atoms with Gasteiger partial charge in [0.15, 0.2) is 0 Å². The molecule has 1 amide bonds. The highest BCUT2D eigenvalue weighted by atomic mass is 127. The number of carbonyl (C=O) groups is 1. The van der Waals surface area contributed by atoms with Gasteiger partial charge in [-0.15, -0.1) is 0 Å². The second kappa shape index (κ2) is 10.0. The van der Waals surface area contributed by atoms with Gasteiger partial charge in [0, 0.05) is 35.3 Å². The normalized spacial score (nSPS) is 14.8. The van der Waals surface area contributed by atoms with Crippen molar-refractivity contribution < 1.29 is 13.2 Å². The molecule has 0 atom stereocenters. The molecule has 6 nitrogen and oxygen atoms in total. The lowest BCUT2D eigenvalue weighted by Crippen LogP contribution is -2.49. The summed E-state index contributed by atoms with van der Waals surface area (Å²) in [4.78, 5) is 15.1. The van der Waals surface area contributed by atoms with Crippen LogP contribution in [-0.2, 0) is 10.0 Å². The lowest BCUT2D eigenvalue weighted by atomic mass is 10.2. The summed E-state index contributed by atoms with van der Waals surface area (Å²) in [6.45, 7) is 3.49. The molecular weight excluding hydrogens is 573 g/mol. The largest absolute Gasteiger partial charge is 0.366 e. The standard InChI is InChI=1S/C24H23ClIN3O3S/c1-17-8-10-20(11-9-17)33(31,32)29-14-12-28(13-15-29)23-21(25)6-3-7-22(23)27-24(30)18-4-2-5-19(26)16-18/h2-11,16H,12-15H2,1H3,(H,27,30). The van der Waals surface area contributed by atoms with Gasteiger partial charge in [0.25, 0.3) is 5.91 Å². The van der Waals surface area contributed by atoms with Gasteiger partial charge in [-0.2, -0.15) is 4.31 Å². The molecular formula is C24H23ClIN3O3S. The minimum absolute atomic E-state index is 0.224. The van der Waals surface area contributed by atoms with E-state index in [4.69, 9.17) is 11.6 Å². The zero-order valence-electron chi connectivity index (χ0n) is 18.0. The molecule has 0 aromatic heterocycles. The Balaban J connectivity index is 1.52. The van der Waals surface area contributed by atoms with Crippen LogP contribution in [0.2, 0.25) is 5.02 Å². The highest BCUT2D eigenvalue weighted by molar-refractivity contribution is 14.1. The van der Waals surface area contributed by atoms with Crippen LogP contribution >= 0.6 is 34.2 Å². The second-order valence-electron chi connectivity index (χ2n) is 7.80. The van der Waals surface area contributed by atoms with Gasteiger partial charge in [-0.25, -0.2) is 8.42 Å². The average Bonchev–Trinajstić information content (AvgIpc) is 2.79. The summed E-state index contributed by atoms with van der Waals surface area (Å²) in [5.41, 5.74) is 2.87. The van der Waals surface area contributed by atoms with E-state index in [1.165, 1.54) is 4.31 Å². The molecule has 33 heavy (non-hydrogen) atoms. The maximum atomic E-state index is 13.0. The number of piperazine rings is 1. The minimum atomic E-state index is -3.56. The number of hydrogen-bond acceptors (Lipinski definition) is 4. The molecule has 1 fully saturated rings. The number of hydrogen-bond donors (Lipinski definition) is 1. The molecule has 1 aliphatic rings. The van der Waals surface area contributed by atoms with Gasteiger partial charge in [0.1, 0.15) is 0 Å². The van der Waals surface area contributed by atoms with Crippen molar-refractivity contribution in [3.8, 4) is 0 Å². The number of amides is 1. The van der Waals surface area contributed by atoms with Crippen LogP contribution in [0.3, 0.4) is 0 Å². The van der Waals surface area contributed by atoms with Crippen LogP contribution < -0.4 is 10.2 Å². The summed E-state index contributed by atoms with van der Waals surface area (Å²) in [6, 6.07) is 19.6. The van der Waals surface area contributed by atoms with Crippen molar-refractivity contribution in [1.82, 2.24) is 4.31 Å². The highest BCUT2D eigenvalue weighted by Crippen LogP contribution is 2.35. The number of nitrogens with one attached hydrogen (secondary N) is 1. The van der Waals surface area contributed by atoms with Crippen molar-refractivity contribution in [2.45, 2.75) is 11.8 Å². The minimum Gasteiger partial charge on any atom is -0.366 e. The van der Waals surface area contributed by atoms with Gasteiger partial charge >= 0.3 is 0 Å².